The van der Waals surface area contributed by atoms with E-state index in [1.807, 2.05) is 0 Å². The van der Waals surface area contributed by atoms with E-state index >= 15 is 0 Å². The summed E-state index contributed by atoms with van der Waals surface area (Å²) in [5, 5.41) is 31.8. The molecular weight excluding hydrogens is 292 g/mol. The lowest BCUT2D eigenvalue weighted by Crippen LogP contribution is -2.63. The molecule has 22 heavy (non-hydrogen) atoms. The van der Waals surface area contributed by atoms with Crippen molar-refractivity contribution in [1.29, 1.82) is 0 Å². The molecule has 0 radical (unpaired) electrons. The van der Waals surface area contributed by atoms with Crippen LogP contribution in [0.15, 0.2) is 18.6 Å². The number of nitrogens with zero attached hydrogens (tertiary/aromatic N) is 2. The molecule has 9 nitrogen and oxygen atoms in total. The first-order valence-corrected chi connectivity index (χ1v) is 6.97. The number of hydrogen-bond donors (Lipinski definition) is 5. The quantitative estimate of drug-likeness (QED) is 0.384. The van der Waals surface area contributed by atoms with Crippen molar-refractivity contribution in [2.45, 2.75) is 36.9 Å². The molecule has 1 aliphatic heterocycles. The number of carbonyl (C=O) groups excluding carboxylic acids is 1. The summed E-state index contributed by atoms with van der Waals surface area (Å²) in [6, 6.07) is 0. The van der Waals surface area contributed by atoms with Gasteiger partial charge in [-0.05, 0) is 0 Å². The van der Waals surface area contributed by atoms with E-state index < -0.39 is 36.4 Å². The van der Waals surface area contributed by atoms with Gasteiger partial charge in [0.2, 0.25) is 0 Å². The Morgan fingerprint density at radius 3 is 2.68 bits per heavy atom. The zero-order valence-corrected chi connectivity index (χ0v) is 11.9. The molecule has 0 aliphatic carbocycles. The normalized spacial score (nSPS) is 31.7. The van der Waals surface area contributed by atoms with E-state index in [0.29, 0.717) is 12.1 Å². The van der Waals surface area contributed by atoms with Gasteiger partial charge < -0.3 is 31.1 Å². The van der Waals surface area contributed by atoms with Crippen LogP contribution in [0.3, 0.4) is 0 Å². The third kappa shape index (κ3) is 3.76. The van der Waals surface area contributed by atoms with Crippen LogP contribution in [0.1, 0.15) is 5.69 Å². The molecule has 0 spiro atoms. The van der Waals surface area contributed by atoms with Gasteiger partial charge in [0.25, 0.3) is 5.91 Å². The lowest BCUT2D eigenvalue weighted by Gasteiger charge is -2.39. The van der Waals surface area contributed by atoms with E-state index in [1.54, 1.807) is 18.6 Å². The van der Waals surface area contributed by atoms with E-state index in [9.17, 15) is 20.1 Å². The number of ether oxygens (including phenoxy) is 1. The molecule has 6 N–H and O–H groups in total. The number of hydrogen-bond acceptors (Lipinski definition) is 8. The van der Waals surface area contributed by atoms with E-state index in [4.69, 9.17) is 10.5 Å². The molecule has 1 aliphatic rings. The minimum Gasteiger partial charge on any atom is -0.388 e. The second kappa shape index (κ2) is 7.56. The van der Waals surface area contributed by atoms with E-state index in [1.165, 1.54) is 0 Å². The van der Waals surface area contributed by atoms with Gasteiger partial charge in [0.1, 0.15) is 18.3 Å². The molecule has 0 saturated carbocycles. The molecule has 2 rings (SSSR count). The van der Waals surface area contributed by atoms with Crippen LogP contribution in [0.2, 0.25) is 0 Å². The number of aliphatic hydroxyl groups excluding tert-OH is 3. The van der Waals surface area contributed by atoms with Crippen molar-refractivity contribution in [2.24, 2.45) is 5.73 Å². The van der Waals surface area contributed by atoms with Crippen LogP contribution in [0.25, 0.3) is 0 Å². The molecule has 9 heteroatoms. The molecule has 0 unspecified atom stereocenters. The van der Waals surface area contributed by atoms with E-state index in [0.717, 1.165) is 0 Å². The van der Waals surface area contributed by atoms with Crippen molar-refractivity contribution >= 4 is 5.91 Å². The van der Waals surface area contributed by atoms with E-state index in [2.05, 4.69) is 15.3 Å². The lowest BCUT2D eigenvalue weighted by atomic mass is 9.94. The summed E-state index contributed by atoms with van der Waals surface area (Å²) in [5.74, 6) is -0.583. The monoisotopic (exact) mass is 312 g/mol. The summed E-state index contributed by atoms with van der Waals surface area (Å²) in [5.41, 5.74) is 6.13. The van der Waals surface area contributed by atoms with Crippen molar-refractivity contribution in [3.63, 3.8) is 0 Å². The number of carbonyl (C=O) groups is 1. The Morgan fingerprint density at radius 1 is 1.27 bits per heavy atom. The van der Waals surface area contributed by atoms with Crippen molar-refractivity contribution in [3.8, 4) is 0 Å². The molecule has 5 atom stereocenters. The van der Waals surface area contributed by atoms with Crippen molar-refractivity contribution in [1.82, 2.24) is 15.3 Å². The first kappa shape index (κ1) is 16.7. The minimum absolute atomic E-state index is 0.0751. The van der Waals surface area contributed by atoms with Gasteiger partial charge in [-0.2, -0.15) is 0 Å². The number of rotatable bonds is 5. The Kier molecular flexibility index (Phi) is 5.75. The average Bonchev–Trinajstić information content (AvgIpc) is 2.54. The maximum atomic E-state index is 12.0. The highest BCUT2D eigenvalue weighted by molar-refractivity contribution is 5.81. The fourth-order valence-corrected chi connectivity index (χ4v) is 2.24. The van der Waals surface area contributed by atoms with Crippen molar-refractivity contribution < 1.29 is 24.9 Å². The Morgan fingerprint density at radius 2 is 2.05 bits per heavy atom. The summed E-state index contributed by atoms with van der Waals surface area (Å²) in [7, 11) is 0. The summed E-state index contributed by atoms with van der Waals surface area (Å²) in [4.78, 5) is 20.0. The molecule has 0 bridgehead atoms. The highest BCUT2D eigenvalue weighted by atomic mass is 16.5. The van der Waals surface area contributed by atoms with Crippen LogP contribution < -0.4 is 11.1 Å². The third-order valence-corrected chi connectivity index (χ3v) is 3.50. The second-order valence-corrected chi connectivity index (χ2v) is 5.04. The molecule has 1 aromatic rings. The Balaban J connectivity index is 1.88. The van der Waals surface area contributed by atoms with Gasteiger partial charge in [-0.25, -0.2) is 0 Å². The van der Waals surface area contributed by atoms with Crippen LogP contribution in [0.5, 0.6) is 0 Å². The van der Waals surface area contributed by atoms with Gasteiger partial charge >= 0.3 is 0 Å². The maximum absolute atomic E-state index is 12.0. The lowest BCUT2D eigenvalue weighted by molar-refractivity contribution is -0.217. The largest absolute Gasteiger partial charge is 0.388 e. The van der Waals surface area contributed by atoms with Crippen LogP contribution in [0.4, 0.5) is 0 Å². The first-order chi connectivity index (χ1) is 10.5. The smallest absolute Gasteiger partial charge is 0.251 e. The summed E-state index contributed by atoms with van der Waals surface area (Å²) < 4.78 is 5.27. The fourth-order valence-electron chi connectivity index (χ4n) is 2.24. The molecular formula is C13H20N4O5. The highest BCUT2D eigenvalue weighted by Gasteiger charge is 2.45. The molecule has 122 valence electrons. The SMILES string of the molecule is NC[C@@H]1O[C@H](C(=O)NCCc2cnccn2)[C@H](O)[C@H](O)[C@H]1O. The van der Waals surface area contributed by atoms with Gasteiger partial charge in [-0.1, -0.05) is 0 Å². The Labute approximate surface area is 127 Å². The van der Waals surface area contributed by atoms with Gasteiger partial charge in [-0.15, -0.1) is 0 Å². The molecule has 2 heterocycles. The zero-order valence-electron chi connectivity index (χ0n) is 11.9. The third-order valence-electron chi connectivity index (χ3n) is 3.50. The number of amides is 1. The standard InChI is InChI=1S/C13H20N4O5/c14-5-8-9(18)10(19)11(20)12(22-8)13(21)17-2-1-7-6-15-3-4-16-7/h3-4,6,8-12,18-20H,1-2,5,14H2,(H,17,21)/t8-,9-,10+,11+,12-/m0/s1. The molecule has 1 saturated heterocycles. The summed E-state index contributed by atoms with van der Waals surface area (Å²) >= 11 is 0. The Bertz CT molecular complexity index is 487. The first-order valence-electron chi connectivity index (χ1n) is 6.97. The number of nitrogens with two attached hydrogens (primary N) is 1. The van der Waals surface area contributed by atoms with Gasteiger partial charge in [0, 0.05) is 38.1 Å². The summed E-state index contributed by atoms with van der Waals surface area (Å²) in [6.45, 7) is 0.199. The summed E-state index contributed by atoms with van der Waals surface area (Å²) in [6.07, 6.45) is -1.38. The second-order valence-electron chi connectivity index (χ2n) is 5.04. The molecule has 1 amide bonds. The van der Waals surface area contributed by atoms with Crippen LogP contribution in [0, 0.1) is 0 Å². The van der Waals surface area contributed by atoms with Crippen LogP contribution >= 0.6 is 0 Å². The molecule has 1 aromatic heterocycles. The predicted molar refractivity (Wildman–Crippen MR) is 74.5 cm³/mol. The number of aliphatic hydroxyl groups is 3. The topological polar surface area (TPSA) is 151 Å². The minimum atomic E-state index is -1.52. The number of nitrogens with one attached hydrogen (secondary N) is 1. The fraction of sp³-hybridized carbons (Fsp3) is 0.615. The van der Waals surface area contributed by atoms with E-state index in [-0.39, 0.29) is 13.1 Å². The zero-order chi connectivity index (χ0) is 16.1. The van der Waals surface area contributed by atoms with Gasteiger partial charge in [0.15, 0.2) is 6.10 Å². The molecule has 1 fully saturated rings. The van der Waals surface area contributed by atoms with Gasteiger partial charge in [0.05, 0.1) is 11.8 Å². The van der Waals surface area contributed by atoms with Crippen LogP contribution in [-0.4, -0.2) is 74.8 Å². The average molecular weight is 312 g/mol. The number of aromatic nitrogens is 2. The van der Waals surface area contributed by atoms with Gasteiger partial charge in [-0.3, -0.25) is 14.8 Å². The predicted octanol–water partition coefficient (Wildman–Crippen LogP) is -3.06. The van der Waals surface area contributed by atoms with Crippen molar-refractivity contribution in [2.75, 3.05) is 13.1 Å². The Hall–Kier alpha value is -1.65. The van der Waals surface area contributed by atoms with Crippen molar-refractivity contribution in [3.05, 3.63) is 24.3 Å². The van der Waals surface area contributed by atoms with Crippen LogP contribution in [-0.2, 0) is 16.0 Å². The highest BCUT2D eigenvalue weighted by Crippen LogP contribution is 2.20. The maximum Gasteiger partial charge on any atom is 0.251 e. The molecule has 0 aromatic carbocycles.